The number of carbonyl (C=O) groups is 2. The molecule has 1 aliphatic heterocycles. The first kappa shape index (κ1) is 12.0. The van der Waals surface area contributed by atoms with Crippen molar-refractivity contribution in [3.63, 3.8) is 0 Å². The number of rotatable bonds is 3. The van der Waals surface area contributed by atoms with Crippen LogP contribution in [0.3, 0.4) is 0 Å². The maximum atomic E-state index is 11.9. The van der Waals surface area contributed by atoms with Gasteiger partial charge in [-0.15, -0.1) is 0 Å². The van der Waals surface area contributed by atoms with E-state index in [2.05, 4.69) is 10.1 Å². The number of carbonyl (C=O) groups excluding carboxylic acids is 1. The third kappa shape index (κ3) is 1.90. The van der Waals surface area contributed by atoms with Crippen LogP contribution in [0.2, 0.25) is 0 Å². The summed E-state index contributed by atoms with van der Waals surface area (Å²) in [5, 5.41) is 13.9. The summed E-state index contributed by atoms with van der Waals surface area (Å²) in [6.07, 6.45) is 1.40. The van der Waals surface area contributed by atoms with Crippen molar-refractivity contribution < 1.29 is 19.4 Å². The third-order valence-electron chi connectivity index (χ3n) is 2.55. The van der Waals surface area contributed by atoms with Crippen LogP contribution in [0.15, 0.2) is 23.4 Å². The fourth-order valence-corrected chi connectivity index (χ4v) is 1.65. The Morgan fingerprint density at radius 3 is 2.67 bits per heavy atom. The van der Waals surface area contributed by atoms with E-state index in [0.29, 0.717) is 11.6 Å². The number of ether oxygens (including phenoxy) is 1. The van der Waals surface area contributed by atoms with Crippen LogP contribution in [0.1, 0.15) is 6.92 Å². The Kier molecular flexibility index (Phi) is 2.97. The molecule has 1 atom stereocenters. The van der Waals surface area contributed by atoms with E-state index in [-0.39, 0.29) is 5.71 Å². The number of hydrogen-bond donors (Lipinski definition) is 1. The highest BCUT2D eigenvalue weighted by Gasteiger charge is 2.39. The summed E-state index contributed by atoms with van der Waals surface area (Å²) < 4.78 is 4.89. The van der Waals surface area contributed by atoms with Crippen LogP contribution in [-0.2, 0) is 9.59 Å². The zero-order valence-electron chi connectivity index (χ0n) is 9.82. The highest BCUT2D eigenvalue weighted by atomic mass is 16.5. The molecule has 7 nitrogen and oxygen atoms in total. The van der Waals surface area contributed by atoms with Gasteiger partial charge in [0.25, 0.3) is 5.91 Å². The molecule has 2 rings (SSSR count). The minimum Gasteiger partial charge on any atom is -0.481 e. The molecule has 2 heterocycles. The normalized spacial score (nSPS) is 18.8. The SMILES string of the molecule is COc1ccc(N2N=C(C)C(C(=O)O)C2=O)cn1. The van der Waals surface area contributed by atoms with E-state index < -0.39 is 17.8 Å². The summed E-state index contributed by atoms with van der Waals surface area (Å²) in [4.78, 5) is 26.8. The first-order valence-corrected chi connectivity index (χ1v) is 5.16. The third-order valence-corrected chi connectivity index (χ3v) is 2.55. The van der Waals surface area contributed by atoms with Gasteiger partial charge in [0, 0.05) is 6.07 Å². The second-order valence-electron chi connectivity index (χ2n) is 3.72. The van der Waals surface area contributed by atoms with Crippen LogP contribution in [0.5, 0.6) is 5.88 Å². The number of hydrazone groups is 1. The predicted molar refractivity (Wildman–Crippen MR) is 62.5 cm³/mol. The molecule has 1 unspecified atom stereocenters. The highest BCUT2D eigenvalue weighted by molar-refractivity contribution is 6.25. The molecule has 94 valence electrons. The lowest BCUT2D eigenvalue weighted by Gasteiger charge is -2.12. The molecule has 1 aromatic rings. The Morgan fingerprint density at radius 1 is 1.50 bits per heavy atom. The number of anilines is 1. The van der Waals surface area contributed by atoms with E-state index in [9.17, 15) is 9.59 Å². The van der Waals surface area contributed by atoms with Gasteiger partial charge in [-0.05, 0) is 13.0 Å². The van der Waals surface area contributed by atoms with Gasteiger partial charge in [0.05, 0.1) is 24.7 Å². The molecule has 7 heteroatoms. The van der Waals surface area contributed by atoms with Crippen LogP contribution in [0, 0.1) is 5.92 Å². The van der Waals surface area contributed by atoms with Gasteiger partial charge in [0.1, 0.15) is 0 Å². The van der Waals surface area contributed by atoms with Crippen LogP contribution in [0.25, 0.3) is 0 Å². The van der Waals surface area contributed by atoms with E-state index >= 15 is 0 Å². The summed E-state index contributed by atoms with van der Waals surface area (Å²) in [5.41, 5.74) is 0.659. The standard InChI is InChI=1S/C11H11N3O4/c1-6-9(11(16)17)10(15)14(13-6)7-3-4-8(18-2)12-5-7/h3-5,9H,1-2H3,(H,16,17). The smallest absolute Gasteiger partial charge is 0.322 e. The zero-order chi connectivity index (χ0) is 13.3. The lowest BCUT2D eigenvalue weighted by atomic mass is 10.1. The molecule has 0 saturated carbocycles. The van der Waals surface area contributed by atoms with Gasteiger partial charge in [-0.2, -0.15) is 10.1 Å². The number of aliphatic carboxylic acids is 1. The second kappa shape index (κ2) is 4.44. The van der Waals surface area contributed by atoms with Crippen molar-refractivity contribution in [2.45, 2.75) is 6.92 Å². The van der Waals surface area contributed by atoms with Crippen LogP contribution in [0.4, 0.5) is 5.69 Å². The van der Waals surface area contributed by atoms with Crippen LogP contribution >= 0.6 is 0 Å². The molecule has 1 aromatic heterocycles. The van der Waals surface area contributed by atoms with E-state index in [1.165, 1.54) is 20.2 Å². The van der Waals surface area contributed by atoms with Gasteiger partial charge in [0.15, 0.2) is 5.92 Å². The maximum Gasteiger partial charge on any atom is 0.322 e. The highest BCUT2D eigenvalue weighted by Crippen LogP contribution is 2.24. The molecule has 0 aliphatic carbocycles. The maximum absolute atomic E-state index is 11.9. The van der Waals surface area contributed by atoms with Crippen molar-refractivity contribution in [2.75, 3.05) is 12.1 Å². The van der Waals surface area contributed by atoms with Gasteiger partial charge in [-0.1, -0.05) is 0 Å². The number of amides is 1. The van der Waals surface area contributed by atoms with E-state index in [0.717, 1.165) is 5.01 Å². The van der Waals surface area contributed by atoms with E-state index in [1.54, 1.807) is 12.1 Å². The molecule has 0 aromatic carbocycles. The Bertz CT molecular complexity index is 524. The van der Waals surface area contributed by atoms with Gasteiger partial charge >= 0.3 is 5.97 Å². The second-order valence-corrected chi connectivity index (χ2v) is 3.72. The Morgan fingerprint density at radius 2 is 2.22 bits per heavy atom. The summed E-state index contributed by atoms with van der Waals surface area (Å²) in [7, 11) is 1.48. The largest absolute Gasteiger partial charge is 0.481 e. The number of nitrogens with zero attached hydrogens (tertiary/aromatic N) is 3. The Hall–Kier alpha value is -2.44. The molecule has 0 spiro atoms. The molecular formula is C11H11N3O4. The summed E-state index contributed by atoms with van der Waals surface area (Å²) in [5.74, 6) is -2.61. The molecule has 0 radical (unpaired) electrons. The molecule has 0 bridgehead atoms. The number of carboxylic acid groups (broad SMARTS) is 1. The van der Waals surface area contributed by atoms with Crippen molar-refractivity contribution >= 4 is 23.3 Å². The van der Waals surface area contributed by atoms with Crippen LogP contribution in [-0.4, -0.2) is 34.8 Å². The summed E-state index contributed by atoms with van der Waals surface area (Å²) in [6.45, 7) is 1.51. The molecule has 18 heavy (non-hydrogen) atoms. The molecule has 1 aliphatic rings. The van der Waals surface area contributed by atoms with Gasteiger partial charge < -0.3 is 9.84 Å². The van der Waals surface area contributed by atoms with Crippen molar-refractivity contribution in [2.24, 2.45) is 11.0 Å². The number of methoxy groups -OCH3 is 1. The number of pyridine rings is 1. The number of carboxylic acids is 1. The minimum absolute atomic E-state index is 0.253. The predicted octanol–water partition coefficient (Wildman–Crippen LogP) is 0.513. The quantitative estimate of drug-likeness (QED) is 0.788. The van der Waals surface area contributed by atoms with Crippen molar-refractivity contribution in [1.29, 1.82) is 0 Å². The lowest BCUT2D eigenvalue weighted by molar-refractivity contribution is -0.142. The fourth-order valence-electron chi connectivity index (χ4n) is 1.65. The van der Waals surface area contributed by atoms with Gasteiger partial charge in [-0.3, -0.25) is 9.59 Å². The molecule has 1 amide bonds. The number of aromatic nitrogens is 1. The molecule has 0 fully saturated rings. The summed E-state index contributed by atoms with van der Waals surface area (Å²) in [6, 6.07) is 3.16. The monoisotopic (exact) mass is 249 g/mol. The van der Waals surface area contributed by atoms with Crippen molar-refractivity contribution in [1.82, 2.24) is 4.98 Å². The lowest BCUT2D eigenvalue weighted by Crippen LogP contribution is -2.32. The first-order chi connectivity index (χ1) is 8.54. The Labute approximate surface area is 103 Å². The first-order valence-electron chi connectivity index (χ1n) is 5.16. The minimum atomic E-state index is -1.22. The van der Waals surface area contributed by atoms with E-state index in [1.807, 2.05) is 0 Å². The topological polar surface area (TPSA) is 92.1 Å². The number of hydrogen-bond acceptors (Lipinski definition) is 5. The summed E-state index contributed by atoms with van der Waals surface area (Å²) >= 11 is 0. The zero-order valence-corrected chi connectivity index (χ0v) is 9.82. The molecule has 0 saturated heterocycles. The van der Waals surface area contributed by atoms with E-state index in [4.69, 9.17) is 9.84 Å². The van der Waals surface area contributed by atoms with Gasteiger partial charge in [0.2, 0.25) is 5.88 Å². The molecule has 1 N–H and O–H groups in total. The Balaban J connectivity index is 2.30. The molecular weight excluding hydrogens is 238 g/mol. The van der Waals surface area contributed by atoms with Gasteiger partial charge in [-0.25, -0.2) is 4.98 Å². The van der Waals surface area contributed by atoms with Crippen molar-refractivity contribution in [3.05, 3.63) is 18.3 Å². The average molecular weight is 249 g/mol. The average Bonchev–Trinajstić information content (AvgIpc) is 2.65. The van der Waals surface area contributed by atoms with Crippen LogP contribution < -0.4 is 9.75 Å². The van der Waals surface area contributed by atoms with Crippen molar-refractivity contribution in [3.8, 4) is 5.88 Å². The fraction of sp³-hybridized carbons (Fsp3) is 0.273.